The Bertz CT molecular complexity index is 566. The molecule has 2 N–H and O–H groups in total. The predicted octanol–water partition coefficient (Wildman–Crippen LogP) is 0.702. The van der Waals surface area contributed by atoms with Gasteiger partial charge in [0, 0.05) is 30.9 Å². The maximum Gasteiger partial charge on any atom is 0.311 e. The van der Waals surface area contributed by atoms with Crippen molar-refractivity contribution in [3.05, 3.63) is 34.2 Å². The Labute approximate surface area is 110 Å². The van der Waals surface area contributed by atoms with Crippen LogP contribution in [0.2, 0.25) is 0 Å². The number of carbonyl (C=O) groups is 2. The van der Waals surface area contributed by atoms with E-state index >= 15 is 0 Å². The maximum atomic E-state index is 12.2. The van der Waals surface area contributed by atoms with Gasteiger partial charge in [0.1, 0.15) is 0 Å². The van der Waals surface area contributed by atoms with E-state index in [0.29, 0.717) is 24.9 Å². The number of hydrogen-bond donors (Lipinski definition) is 2. The normalized spacial score (nSPS) is 23.1. The molecule has 6 nitrogen and oxygen atoms in total. The third kappa shape index (κ3) is 2.67. The average molecular weight is 264 g/mol. The number of carboxylic acid groups (broad SMARTS) is 1. The van der Waals surface area contributed by atoms with Gasteiger partial charge in [-0.2, -0.15) is 0 Å². The van der Waals surface area contributed by atoms with Gasteiger partial charge in [0.15, 0.2) is 0 Å². The van der Waals surface area contributed by atoms with Crippen LogP contribution in [-0.2, 0) is 4.79 Å². The molecule has 1 aliphatic rings. The fourth-order valence-electron chi connectivity index (χ4n) is 2.35. The quantitative estimate of drug-likeness (QED) is 0.822. The number of rotatable bonds is 2. The van der Waals surface area contributed by atoms with Crippen molar-refractivity contribution in [2.24, 2.45) is 5.41 Å². The summed E-state index contributed by atoms with van der Waals surface area (Å²) >= 11 is 0. The number of amides is 1. The zero-order chi connectivity index (χ0) is 14.0. The van der Waals surface area contributed by atoms with Crippen LogP contribution in [0.1, 0.15) is 30.1 Å². The fourth-order valence-corrected chi connectivity index (χ4v) is 2.35. The molecule has 1 aromatic rings. The number of piperidine rings is 1. The summed E-state index contributed by atoms with van der Waals surface area (Å²) in [6.07, 6.45) is 2.62. The van der Waals surface area contributed by atoms with Crippen LogP contribution < -0.4 is 5.56 Å². The van der Waals surface area contributed by atoms with Crippen molar-refractivity contribution in [3.63, 3.8) is 0 Å². The van der Waals surface area contributed by atoms with Crippen LogP contribution in [0, 0.1) is 5.41 Å². The second-order valence-electron chi connectivity index (χ2n) is 5.14. The zero-order valence-electron chi connectivity index (χ0n) is 10.7. The molecule has 1 aromatic heterocycles. The number of H-pyrrole nitrogens is 1. The Kier molecular flexibility index (Phi) is 3.42. The summed E-state index contributed by atoms with van der Waals surface area (Å²) in [5.41, 5.74) is -0.961. The molecule has 1 fully saturated rings. The molecule has 0 radical (unpaired) electrons. The Morgan fingerprint density at radius 3 is 2.84 bits per heavy atom. The van der Waals surface area contributed by atoms with Crippen LogP contribution >= 0.6 is 0 Å². The number of aromatic nitrogens is 1. The van der Waals surface area contributed by atoms with Crippen molar-refractivity contribution >= 4 is 11.9 Å². The van der Waals surface area contributed by atoms with Gasteiger partial charge in [0.25, 0.3) is 5.91 Å². The van der Waals surface area contributed by atoms with Crippen molar-refractivity contribution in [1.82, 2.24) is 9.88 Å². The third-order valence-electron chi connectivity index (χ3n) is 3.52. The van der Waals surface area contributed by atoms with E-state index in [1.54, 1.807) is 6.92 Å². The lowest BCUT2D eigenvalue weighted by atomic mass is 9.82. The van der Waals surface area contributed by atoms with E-state index in [1.165, 1.54) is 23.2 Å². The van der Waals surface area contributed by atoms with Gasteiger partial charge in [-0.1, -0.05) is 0 Å². The number of aliphatic carboxylic acids is 1. The largest absolute Gasteiger partial charge is 0.481 e. The van der Waals surface area contributed by atoms with Crippen LogP contribution in [0.25, 0.3) is 0 Å². The first-order valence-corrected chi connectivity index (χ1v) is 6.14. The van der Waals surface area contributed by atoms with E-state index in [4.69, 9.17) is 0 Å². The molecule has 19 heavy (non-hydrogen) atoms. The van der Waals surface area contributed by atoms with Gasteiger partial charge < -0.3 is 15.0 Å². The highest BCUT2D eigenvalue weighted by molar-refractivity contribution is 5.94. The third-order valence-corrected chi connectivity index (χ3v) is 3.52. The molecule has 0 aromatic carbocycles. The fraction of sp³-hybridized carbons (Fsp3) is 0.462. The van der Waals surface area contributed by atoms with E-state index < -0.39 is 11.4 Å². The second-order valence-corrected chi connectivity index (χ2v) is 5.14. The Morgan fingerprint density at radius 1 is 1.47 bits per heavy atom. The molecule has 0 aliphatic carbocycles. The highest BCUT2D eigenvalue weighted by Gasteiger charge is 2.39. The van der Waals surface area contributed by atoms with Gasteiger partial charge >= 0.3 is 5.97 Å². The molecule has 1 aliphatic heterocycles. The minimum Gasteiger partial charge on any atom is -0.481 e. The second kappa shape index (κ2) is 4.87. The standard InChI is InChI=1S/C13H16N2O4/c1-13(12(18)19)4-2-6-15(8-13)11(17)9-3-5-14-10(16)7-9/h3,5,7H,2,4,6,8H2,1H3,(H,14,16)(H,18,19). The van der Waals surface area contributed by atoms with Gasteiger partial charge in [-0.05, 0) is 25.8 Å². The molecule has 1 atom stereocenters. The molecule has 2 heterocycles. The summed E-state index contributed by atoms with van der Waals surface area (Å²) in [6, 6.07) is 2.76. The number of carboxylic acids is 1. The lowest BCUT2D eigenvalue weighted by molar-refractivity contribution is -0.150. The Morgan fingerprint density at radius 2 is 2.21 bits per heavy atom. The summed E-state index contributed by atoms with van der Waals surface area (Å²) in [4.78, 5) is 38.6. The summed E-state index contributed by atoms with van der Waals surface area (Å²) in [7, 11) is 0. The highest BCUT2D eigenvalue weighted by atomic mass is 16.4. The van der Waals surface area contributed by atoms with E-state index in [-0.39, 0.29) is 18.0 Å². The van der Waals surface area contributed by atoms with Crippen molar-refractivity contribution in [2.75, 3.05) is 13.1 Å². The first kappa shape index (κ1) is 13.3. The molecule has 0 bridgehead atoms. The lowest BCUT2D eigenvalue weighted by Crippen LogP contribution is -2.48. The van der Waals surface area contributed by atoms with Crippen molar-refractivity contribution in [1.29, 1.82) is 0 Å². The highest BCUT2D eigenvalue weighted by Crippen LogP contribution is 2.30. The topological polar surface area (TPSA) is 90.5 Å². The van der Waals surface area contributed by atoms with Crippen LogP contribution in [0.3, 0.4) is 0 Å². The minimum absolute atomic E-state index is 0.175. The summed E-state index contributed by atoms with van der Waals surface area (Å²) < 4.78 is 0. The molecular formula is C13H16N2O4. The van der Waals surface area contributed by atoms with Gasteiger partial charge in [-0.25, -0.2) is 0 Å². The van der Waals surface area contributed by atoms with Gasteiger partial charge in [0.05, 0.1) is 5.41 Å². The van der Waals surface area contributed by atoms with Crippen molar-refractivity contribution in [3.8, 4) is 0 Å². The number of carbonyl (C=O) groups excluding carboxylic acids is 1. The van der Waals surface area contributed by atoms with Gasteiger partial charge in [-0.3, -0.25) is 14.4 Å². The first-order valence-electron chi connectivity index (χ1n) is 6.14. The Balaban J connectivity index is 2.20. The summed E-state index contributed by atoms with van der Waals surface area (Å²) in [6.45, 7) is 2.34. The molecule has 6 heteroatoms. The Hall–Kier alpha value is -2.11. The van der Waals surface area contributed by atoms with Crippen molar-refractivity contribution < 1.29 is 14.7 Å². The monoisotopic (exact) mass is 264 g/mol. The summed E-state index contributed by atoms with van der Waals surface area (Å²) in [5.74, 6) is -1.19. The van der Waals surface area contributed by atoms with E-state index in [0.717, 1.165) is 0 Å². The molecule has 1 saturated heterocycles. The van der Waals surface area contributed by atoms with Gasteiger partial charge in [0.2, 0.25) is 5.56 Å². The molecule has 0 saturated carbocycles. The molecule has 2 rings (SSSR count). The minimum atomic E-state index is -0.908. The number of nitrogens with one attached hydrogen (secondary N) is 1. The van der Waals surface area contributed by atoms with E-state index in [1.807, 2.05) is 0 Å². The van der Waals surface area contributed by atoms with Gasteiger partial charge in [-0.15, -0.1) is 0 Å². The maximum absolute atomic E-state index is 12.2. The molecule has 102 valence electrons. The van der Waals surface area contributed by atoms with Crippen LogP contribution in [0.15, 0.2) is 23.1 Å². The number of likely N-dealkylation sites (tertiary alicyclic amines) is 1. The zero-order valence-corrected chi connectivity index (χ0v) is 10.7. The molecule has 1 unspecified atom stereocenters. The SMILES string of the molecule is CC1(C(=O)O)CCCN(C(=O)c2cc[nH]c(=O)c2)C1. The number of aromatic amines is 1. The predicted molar refractivity (Wildman–Crippen MR) is 67.9 cm³/mol. The smallest absolute Gasteiger partial charge is 0.311 e. The molecule has 0 spiro atoms. The number of pyridine rings is 1. The number of nitrogens with zero attached hydrogens (tertiary/aromatic N) is 1. The van der Waals surface area contributed by atoms with Crippen LogP contribution in [0.5, 0.6) is 0 Å². The van der Waals surface area contributed by atoms with E-state index in [9.17, 15) is 19.5 Å². The molecular weight excluding hydrogens is 248 g/mol. The first-order chi connectivity index (χ1) is 8.92. The summed E-state index contributed by atoms with van der Waals surface area (Å²) in [5, 5.41) is 9.22. The molecule has 1 amide bonds. The average Bonchev–Trinajstić information content (AvgIpc) is 2.38. The van der Waals surface area contributed by atoms with Crippen LogP contribution in [0.4, 0.5) is 0 Å². The lowest BCUT2D eigenvalue weighted by Gasteiger charge is -2.37. The van der Waals surface area contributed by atoms with E-state index in [2.05, 4.69) is 4.98 Å². The number of hydrogen-bond acceptors (Lipinski definition) is 3. The van der Waals surface area contributed by atoms with Crippen LogP contribution in [-0.4, -0.2) is 40.0 Å². The van der Waals surface area contributed by atoms with Crippen molar-refractivity contribution in [2.45, 2.75) is 19.8 Å².